The van der Waals surface area contributed by atoms with Crippen LogP contribution in [0.25, 0.3) is 0 Å². The smallest absolute Gasteiger partial charge is 0.0736 e. The zero-order valence-corrected chi connectivity index (χ0v) is 5.91. The number of hydrogen-bond donors (Lipinski definition) is 3. The second-order valence-corrected chi connectivity index (χ2v) is 2.58. The van der Waals surface area contributed by atoms with E-state index in [-0.39, 0.29) is 12.5 Å². The number of rotatable bonds is 3. The molecule has 0 saturated heterocycles. The summed E-state index contributed by atoms with van der Waals surface area (Å²) in [6, 6.07) is -0.495. The van der Waals surface area contributed by atoms with E-state index < -0.39 is 12.1 Å². The van der Waals surface area contributed by atoms with Gasteiger partial charge >= 0.3 is 0 Å². The average Bonchev–Trinajstić information content (AvgIpc) is 1.84. The minimum Gasteiger partial charge on any atom is -0.395 e. The molecular weight excluding hydrogens is 118 g/mol. The average molecular weight is 133 g/mol. The molecule has 0 aliphatic rings. The molecule has 4 N–H and O–H groups in total. The Morgan fingerprint density at radius 1 is 1.44 bits per heavy atom. The van der Waals surface area contributed by atoms with Gasteiger partial charge in [0, 0.05) is 0 Å². The molecule has 56 valence electrons. The summed E-state index contributed by atoms with van der Waals surface area (Å²) in [7, 11) is 0. The van der Waals surface area contributed by atoms with E-state index in [1.165, 1.54) is 0 Å². The fraction of sp³-hybridized carbons (Fsp3) is 1.00. The third kappa shape index (κ3) is 2.79. The molecule has 0 saturated carbocycles. The van der Waals surface area contributed by atoms with Crippen molar-refractivity contribution in [3.05, 3.63) is 0 Å². The van der Waals surface area contributed by atoms with Crippen molar-refractivity contribution < 1.29 is 10.2 Å². The first-order valence-electron chi connectivity index (χ1n) is 3.14. The lowest BCUT2D eigenvalue weighted by molar-refractivity contribution is 0.0718. The molecule has 9 heavy (non-hydrogen) atoms. The Balaban J connectivity index is 3.58. The van der Waals surface area contributed by atoms with Gasteiger partial charge in [0.05, 0.1) is 18.8 Å². The van der Waals surface area contributed by atoms with Gasteiger partial charge < -0.3 is 15.9 Å². The summed E-state index contributed by atoms with van der Waals surface area (Å²) in [5.74, 6) is 0.118. The van der Waals surface area contributed by atoms with Crippen molar-refractivity contribution in [2.45, 2.75) is 26.0 Å². The number of aliphatic hydroxyl groups excluding tert-OH is 2. The molecule has 3 heteroatoms. The van der Waals surface area contributed by atoms with Crippen LogP contribution in [0.1, 0.15) is 13.8 Å². The molecule has 0 aromatic heterocycles. The van der Waals surface area contributed by atoms with Crippen molar-refractivity contribution in [2.75, 3.05) is 6.61 Å². The third-order valence-electron chi connectivity index (χ3n) is 1.33. The van der Waals surface area contributed by atoms with Crippen molar-refractivity contribution >= 4 is 0 Å². The summed E-state index contributed by atoms with van der Waals surface area (Å²) in [5, 5.41) is 17.6. The van der Waals surface area contributed by atoms with Crippen LogP contribution in [0.3, 0.4) is 0 Å². The van der Waals surface area contributed by atoms with E-state index in [1.54, 1.807) is 0 Å². The SMILES string of the molecule is CC(C)C(O)[C@@H](N)CO. The van der Waals surface area contributed by atoms with E-state index >= 15 is 0 Å². The van der Waals surface area contributed by atoms with Crippen molar-refractivity contribution in [2.24, 2.45) is 11.7 Å². The Labute approximate surface area is 55.5 Å². The number of hydrogen-bond acceptors (Lipinski definition) is 3. The molecule has 0 rings (SSSR count). The molecule has 0 heterocycles. The van der Waals surface area contributed by atoms with Gasteiger partial charge in [0.15, 0.2) is 0 Å². The molecule has 0 aromatic carbocycles. The highest BCUT2D eigenvalue weighted by atomic mass is 16.3. The molecular formula is C6H15NO2. The first-order valence-corrected chi connectivity index (χ1v) is 3.14. The lowest BCUT2D eigenvalue weighted by Gasteiger charge is -2.19. The zero-order valence-electron chi connectivity index (χ0n) is 5.91. The molecule has 2 atom stereocenters. The largest absolute Gasteiger partial charge is 0.395 e. The van der Waals surface area contributed by atoms with E-state index in [1.807, 2.05) is 13.8 Å². The van der Waals surface area contributed by atoms with Gasteiger partial charge in [0.2, 0.25) is 0 Å². The lowest BCUT2D eigenvalue weighted by Crippen LogP contribution is -2.40. The van der Waals surface area contributed by atoms with Crippen LogP contribution in [0.4, 0.5) is 0 Å². The van der Waals surface area contributed by atoms with Crippen molar-refractivity contribution in [1.82, 2.24) is 0 Å². The quantitative estimate of drug-likeness (QED) is 0.478. The Bertz CT molecular complexity index is 75.5. The maximum Gasteiger partial charge on any atom is 0.0736 e. The Hall–Kier alpha value is -0.120. The monoisotopic (exact) mass is 133 g/mol. The number of nitrogens with two attached hydrogens (primary N) is 1. The van der Waals surface area contributed by atoms with E-state index in [0.29, 0.717) is 0 Å². The van der Waals surface area contributed by atoms with Crippen LogP contribution >= 0.6 is 0 Å². The molecule has 0 spiro atoms. The minimum atomic E-state index is -0.588. The first kappa shape index (κ1) is 8.88. The van der Waals surface area contributed by atoms with Gasteiger partial charge in [0.1, 0.15) is 0 Å². The van der Waals surface area contributed by atoms with Gasteiger partial charge in [-0.25, -0.2) is 0 Å². The van der Waals surface area contributed by atoms with E-state index in [2.05, 4.69) is 0 Å². The Kier molecular flexibility index (Phi) is 3.77. The molecule has 0 bridgehead atoms. The molecule has 0 amide bonds. The number of aliphatic hydroxyl groups is 2. The molecule has 3 nitrogen and oxygen atoms in total. The summed E-state index contributed by atoms with van der Waals surface area (Å²) < 4.78 is 0. The topological polar surface area (TPSA) is 66.5 Å². The van der Waals surface area contributed by atoms with Gasteiger partial charge in [-0.3, -0.25) is 0 Å². The van der Waals surface area contributed by atoms with Crippen LogP contribution in [0.15, 0.2) is 0 Å². The maximum atomic E-state index is 9.11. The van der Waals surface area contributed by atoms with Crippen LogP contribution in [-0.4, -0.2) is 29.0 Å². The molecule has 0 aliphatic carbocycles. The fourth-order valence-electron chi connectivity index (χ4n) is 0.602. The van der Waals surface area contributed by atoms with Gasteiger partial charge in [-0.2, -0.15) is 0 Å². The van der Waals surface area contributed by atoms with Crippen LogP contribution < -0.4 is 5.73 Å². The van der Waals surface area contributed by atoms with Gasteiger partial charge in [-0.15, -0.1) is 0 Å². The van der Waals surface area contributed by atoms with Crippen molar-refractivity contribution in [3.63, 3.8) is 0 Å². The summed E-state index contributed by atoms with van der Waals surface area (Å²) in [4.78, 5) is 0. The predicted molar refractivity (Wildman–Crippen MR) is 35.9 cm³/mol. The van der Waals surface area contributed by atoms with E-state index in [0.717, 1.165) is 0 Å². The zero-order chi connectivity index (χ0) is 7.44. The Morgan fingerprint density at radius 3 is 2.00 bits per heavy atom. The van der Waals surface area contributed by atoms with Gasteiger partial charge in [-0.05, 0) is 5.92 Å². The van der Waals surface area contributed by atoms with Crippen molar-refractivity contribution in [1.29, 1.82) is 0 Å². The van der Waals surface area contributed by atoms with Crippen molar-refractivity contribution in [3.8, 4) is 0 Å². The minimum absolute atomic E-state index is 0.118. The van der Waals surface area contributed by atoms with Gasteiger partial charge in [0.25, 0.3) is 0 Å². The second-order valence-electron chi connectivity index (χ2n) is 2.58. The second kappa shape index (κ2) is 3.82. The first-order chi connectivity index (χ1) is 4.09. The third-order valence-corrected chi connectivity index (χ3v) is 1.33. The molecule has 0 radical (unpaired) electrons. The van der Waals surface area contributed by atoms with Crippen LogP contribution in [0.5, 0.6) is 0 Å². The Morgan fingerprint density at radius 2 is 1.89 bits per heavy atom. The summed E-state index contributed by atoms with van der Waals surface area (Å²) >= 11 is 0. The van der Waals surface area contributed by atoms with Crippen LogP contribution in [0, 0.1) is 5.92 Å². The molecule has 0 aliphatic heterocycles. The van der Waals surface area contributed by atoms with Crippen LogP contribution in [0.2, 0.25) is 0 Å². The molecule has 0 aromatic rings. The standard InChI is InChI=1S/C6H15NO2/c1-4(2)6(9)5(7)3-8/h4-6,8-9H,3,7H2,1-2H3/t5-,6?/m0/s1. The van der Waals surface area contributed by atoms with Gasteiger partial charge in [-0.1, -0.05) is 13.8 Å². The predicted octanol–water partition coefficient (Wildman–Crippen LogP) is -0.677. The van der Waals surface area contributed by atoms with Crippen LogP contribution in [-0.2, 0) is 0 Å². The lowest BCUT2D eigenvalue weighted by atomic mass is 10.0. The normalized spacial score (nSPS) is 18.0. The highest BCUT2D eigenvalue weighted by molar-refractivity contribution is 4.72. The summed E-state index contributed by atoms with van der Waals surface area (Å²) in [5.41, 5.74) is 5.32. The molecule has 0 fully saturated rings. The van der Waals surface area contributed by atoms with E-state index in [4.69, 9.17) is 15.9 Å². The van der Waals surface area contributed by atoms with E-state index in [9.17, 15) is 0 Å². The highest BCUT2D eigenvalue weighted by Gasteiger charge is 2.16. The maximum absolute atomic E-state index is 9.11. The summed E-state index contributed by atoms with van der Waals surface area (Å²) in [6.45, 7) is 3.57. The molecule has 1 unspecified atom stereocenters. The summed E-state index contributed by atoms with van der Waals surface area (Å²) in [6.07, 6.45) is -0.588. The highest BCUT2D eigenvalue weighted by Crippen LogP contribution is 2.03. The fourth-order valence-corrected chi connectivity index (χ4v) is 0.602.